The second kappa shape index (κ2) is 10.4. The lowest BCUT2D eigenvalue weighted by Gasteiger charge is -2.24. The highest BCUT2D eigenvalue weighted by molar-refractivity contribution is 6.30. The molecule has 0 aliphatic carbocycles. The standard InChI is InChI=1S/C22H25ClFN3O3/c1-30-20(17-4-2-5-18(23)14-17)15-25-22(29)27-11-3-10-26(12-13-27)21(28)16-6-8-19(24)9-7-16/h2,4-9,14,20H,3,10-13,15H2,1H3,(H,25,29). The first-order valence-electron chi connectivity index (χ1n) is 9.84. The Kier molecular flexibility index (Phi) is 7.65. The Morgan fingerprint density at radius 3 is 2.50 bits per heavy atom. The lowest BCUT2D eigenvalue weighted by Crippen LogP contribution is -2.44. The van der Waals surface area contributed by atoms with E-state index in [0.717, 1.165) is 5.56 Å². The van der Waals surface area contributed by atoms with Crippen LogP contribution in [0.25, 0.3) is 0 Å². The van der Waals surface area contributed by atoms with Crippen molar-refractivity contribution in [2.45, 2.75) is 12.5 Å². The van der Waals surface area contributed by atoms with Gasteiger partial charge in [-0.05, 0) is 48.4 Å². The van der Waals surface area contributed by atoms with Gasteiger partial charge < -0.3 is 19.9 Å². The summed E-state index contributed by atoms with van der Waals surface area (Å²) < 4.78 is 18.6. The predicted molar refractivity (Wildman–Crippen MR) is 113 cm³/mol. The van der Waals surface area contributed by atoms with Crippen LogP contribution in [0.1, 0.15) is 28.4 Å². The smallest absolute Gasteiger partial charge is 0.317 e. The van der Waals surface area contributed by atoms with Gasteiger partial charge >= 0.3 is 6.03 Å². The second-order valence-corrected chi connectivity index (χ2v) is 7.54. The topological polar surface area (TPSA) is 61.9 Å². The van der Waals surface area contributed by atoms with Gasteiger partial charge in [0.1, 0.15) is 5.82 Å². The molecule has 0 aromatic heterocycles. The van der Waals surface area contributed by atoms with Crippen LogP contribution in [-0.4, -0.2) is 61.6 Å². The van der Waals surface area contributed by atoms with Crippen LogP contribution in [0.3, 0.4) is 0 Å². The number of methoxy groups -OCH3 is 1. The van der Waals surface area contributed by atoms with Gasteiger partial charge in [-0.1, -0.05) is 23.7 Å². The summed E-state index contributed by atoms with van der Waals surface area (Å²) in [6, 6.07) is 12.6. The summed E-state index contributed by atoms with van der Waals surface area (Å²) in [5, 5.41) is 3.52. The quantitative estimate of drug-likeness (QED) is 0.781. The average Bonchev–Trinajstić information content (AvgIpc) is 3.00. The van der Waals surface area contributed by atoms with Gasteiger partial charge in [0.05, 0.1) is 6.10 Å². The van der Waals surface area contributed by atoms with Crippen LogP contribution in [0.5, 0.6) is 0 Å². The van der Waals surface area contributed by atoms with Crippen LogP contribution in [-0.2, 0) is 4.74 Å². The SMILES string of the molecule is COC(CNC(=O)N1CCCN(C(=O)c2ccc(F)cc2)CC1)c1cccc(Cl)c1. The Morgan fingerprint density at radius 1 is 1.10 bits per heavy atom. The van der Waals surface area contributed by atoms with Crippen molar-refractivity contribution in [1.82, 2.24) is 15.1 Å². The van der Waals surface area contributed by atoms with Crippen molar-refractivity contribution in [3.8, 4) is 0 Å². The van der Waals surface area contributed by atoms with Crippen LogP contribution in [0.15, 0.2) is 48.5 Å². The third-order valence-corrected chi connectivity index (χ3v) is 5.34. The summed E-state index contributed by atoms with van der Waals surface area (Å²) in [4.78, 5) is 28.7. The molecule has 1 aliphatic heterocycles. The molecular formula is C22H25ClFN3O3. The van der Waals surface area contributed by atoms with Crippen molar-refractivity contribution >= 4 is 23.5 Å². The number of urea groups is 1. The lowest BCUT2D eigenvalue weighted by molar-refractivity contribution is 0.0761. The molecule has 1 aliphatic rings. The van der Waals surface area contributed by atoms with Crippen molar-refractivity contribution in [3.05, 3.63) is 70.5 Å². The largest absolute Gasteiger partial charge is 0.375 e. The highest BCUT2D eigenvalue weighted by Gasteiger charge is 2.23. The number of rotatable bonds is 5. The highest BCUT2D eigenvalue weighted by atomic mass is 35.5. The molecule has 0 radical (unpaired) electrons. The van der Waals surface area contributed by atoms with Gasteiger partial charge in [0.25, 0.3) is 5.91 Å². The molecule has 0 spiro atoms. The summed E-state index contributed by atoms with van der Waals surface area (Å²) in [5.41, 5.74) is 1.33. The first-order chi connectivity index (χ1) is 14.5. The Labute approximate surface area is 180 Å². The second-order valence-electron chi connectivity index (χ2n) is 7.11. The van der Waals surface area contributed by atoms with E-state index < -0.39 is 0 Å². The van der Waals surface area contributed by atoms with E-state index in [9.17, 15) is 14.0 Å². The number of hydrogen-bond acceptors (Lipinski definition) is 3. The minimum atomic E-state index is -0.377. The molecule has 2 aromatic rings. The van der Waals surface area contributed by atoms with E-state index in [4.69, 9.17) is 16.3 Å². The normalized spacial score (nSPS) is 15.4. The zero-order valence-electron chi connectivity index (χ0n) is 16.8. The molecule has 1 saturated heterocycles. The van der Waals surface area contributed by atoms with Gasteiger partial charge in [0, 0.05) is 50.4 Å². The molecule has 160 valence electrons. The number of carbonyl (C=O) groups excluding carboxylic acids is 2. The Balaban J connectivity index is 1.53. The molecule has 6 nitrogen and oxygen atoms in total. The molecular weight excluding hydrogens is 409 g/mol. The van der Waals surface area contributed by atoms with E-state index in [1.54, 1.807) is 23.0 Å². The van der Waals surface area contributed by atoms with Crippen molar-refractivity contribution in [1.29, 1.82) is 0 Å². The number of amides is 3. The van der Waals surface area contributed by atoms with Gasteiger partial charge in [0.2, 0.25) is 0 Å². The summed E-state index contributed by atoms with van der Waals surface area (Å²) in [6.07, 6.45) is 0.360. The third kappa shape index (κ3) is 5.70. The first-order valence-corrected chi connectivity index (χ1v) is 10.2. The molecule has 1 atom stereocenters. The number of nitrogens with zero attached hydrogens (tertiary/aromatic N) is 2. The number of nitrogens with one attached hydrogen (secondary N) is 1. The molecule has 0 saturated carbocycles. The van der Waals surface area contributed by atoms with E-state index >= 15 is 0 Å². The maximum Gasteiger partial charge on any atom is 0.317 e. The Bertz CT molecular complexity index is 878. The van der Waals surface area contributed by atoms with Crippen molar-refractivity contribution in [2.75, 3.05) is 39.8 Å². The molecule has 1 unspecified atom stereocenters. The lowest BCUT2D eigenvalue weighted by atomic mass is 10.1. The molecule has 8 heteroatoms. The molecule has 0 bridgehead atoms. The fourth-order valence-corrected chi connectivity index (χ4v) is 3.63. The van der Waals surface area contributed by atoms with Gasteiger partial charge in [-0.2, -0.15) is 0 Å². The van der Waals surface area contributed by atoms with Crippen LogP contribution < -0.4 is 5.32 Å². The van der Waals surface area contributed by atoms with Gasteiger partial charge in [-0.15, -0.1) is 0 Å². The summed E-state index contributed by atoms with van der Waals surface area (Å²) in [7, 11) is 1.59. The number of halogens is 2. The number of hydrogen-bond donors (Lipinski definition) is 1. The van der Waals surface area contributed by atoms with E-state index in [1.807, 2.05) is 18.2 Å². The number of ether oxygens (including phenoxy) is 1. The molecule has 2 aromatic carbocycles. The van der Waals surface area contributed by atoms with E-state index in [0.29, 0.717) is 49.7 Å². The summed E-state index contributed by atoms with van der Waals surface area (Å²) >= 11 is 6.04. The minimum Gasteiger partial charge on any atom is -0.375 e. The molecule has 1 fully saturated rings. The highest BCUT2D eigenvalue weighted by Crippen LogP contribution is 2.20. The van der Waals surface area contributed by atoms with E-state index in [-0.39, 0.29) is 23.9 Å². The van der Waals surface area contributed by atoms with Gasteiger partial charge in [0.15, 0.2) is 0 Å². The predicted octanol–water partition coefficient (Wildman–Crippen LogP) is 3.72. The molecule has 1 heterocycles. The van der Waals surface area contributed by atoms with Crippen LogP contribution in [0.4, 0.5) is 9.18 Å². The van der Waals surface area contributed by atoms with Crippen molar-refractivity contribution in [3.63, 3.8) is 0 Å². The number of benzene rings is 2. The van der Waals surface area contributed by atoms with Crippen LogP contribution >= 0.6 is 11.6 Å². The molecule has 30 heavy (non-hydrogen) atoms. The summed E-state index contributed by atoms with van der Waals surface area (Å²) in [5.74, 6) is -0.532. The fourth-order valence-electron chi connectivity index (χ4n) is 3.43. The molecule has 3 rings (SSSR count). The number of carbonyl (C=O) groups is 2. The van der Waals surface area contributed by atoms with Crippen molar-refractivity contribution in [2.24, 2.45) is 0 Å². The van der Waals surface area contributed by atoms with Crippen molar-refractivity contribution < 1.29 is 18.7 Å². The third-order valence-electron chi connectivity index (χ3n) is 5.11. The minimum absolute atomic E-state index is 0.155. The molecule has 3 amide bonds. The summed E-state index contributed by atoms with van der Waals surface area (Å²) in [6.45, 7) is 2.25. The van der Waals surface area contributed by atoms with Gasteiger partial charge in [-0.3, -0.25) is 4.79 Å². The fraction of sp³-hybridized carbons (Fsp3) is 0.364. The Morgan fingerprint density at radius 2 is 1.80 bits per heavy atom. The maximum atomic E-state index is 13.1. The maximum absolute atomic E-state index is 13.1. The van der Waals surface area contributed by atoms with E-state index in [2.05, 4.69) is 5.32 Å². The Hall–Kier alpha value is -2.64. The molecule has 1 N–H and O–H groups in total. The van der Waals surface area contributed by atoms with Crippen LogP contribution in [0.2, 0.25) is 5.02 Å². The van der Waals surface area contributed by atoms with Crippen LogP contribution in [0, 0.1) is 5.82 Å². The monoisotopic (exact) mass is 433 g/mol. The zero-order valence-corrected chi connectivity index (χ0v) is 17.6. The first kappa shape index (κ1) is 22.1. The zero-order chi connectivity index (χ0) is 21.5. The van der Waals surface area contributed by atoms with Gasteiger partial charge in [-0.25, -0.2) is 9.18 Å². The van der Waals surface area contributed by atoms with E-state index in [1.165, 1.54) is 24.3 Å². The average molecular weight is 434 g/mol.